The average Bonchev–Trinajstić information content (AvgIpc) is 2.72. The summed E-state index contributed by atoms with van der Waals surface area (Å²) < 4.78 is 27.4. The number of likely N-dealkylation sites (N-methyl/N-ethyl adjacent to an activating group) is 1. The first-order chi connectivity index (χ1) is 13.5. The highest BCUT2D eigenvalue weighted by molar-refractivity contribution is 7.89. The monoisotopic (exact) mass is 420 g/mol. The minimum Gasteiger partial charge on any atom is -0.326 e. The first-order valence-corrected chi connectivity index (χ1v) is 11.5. The van der Waals surface area contributed by atoms with E-state index in [-0.39, 0.29) is 12.5 Å². The molecule has 2 rings (SSSR count). The molecule has 1 amide bonds. The molecule has 7 nitrogen and oxygen atoms in total. The molecule has 1 saturated heterocycles. The minimum atomic E-state index is -3.54. The second-order valence-corrected chi connectivity index (χ2v) is 10.1. The van der Waals surface area contributed by atoms with Gasteiger partial charge in [-0.15, -0.1) is 0 Å². The summed E-state index contributed by atoms with van der Waals surface area (Å²) in [4.78, 5) is 16.1. The Morgan fingerprint density at radius 1 is 1.21 bits per heavy atom. The smallest absolute Gasteiger partial charge is 0.243 e. The number of nitrogens with zero attached hydrogens (tertiary/aromatic N) is 4. The molecule has 1 fully saturated rings. The number of piperazine rings is 1. The van der Waals surface area contributed by atoms with Crippen molar-refractivity contribution < 1.29 is 13.2 Å². The van der Waals surface area contributed by atoms with E-state index in [2.05, 4.69) is 19.9 Å². The fraction of sp³-hybridized carbons (Fsp3) is 0.619. The Kier molecular flexibility index (Phi) is 7.44. The lowest BCUT2D eigenvalue weighted by atomic mass is 9.99. The van der Waals surface area contributed by atoms with Gasteiger partial charge in [0.1, 0.15) is 5.54 Å². The Hall–Kier alpha value is -1.95. The summed E-state index contributed by atoms with van der Waals surface area (Å²) in [6.07, 6.45) is 1.01. The zero-order valence-corrected chi connectivity index (χ0v) is 18.9. The van der Waals surface area contributed by atoms with Crippen molar-refractivity contribution >= 4 is 15.9 Å². The van der Waals surface area contributed by atoms with Gasteiger partial charge in [-0.25, -0.2) is 8.42 Å². The summed E-state index contributed by atoms with van der Waals surface area (Å²) in [7, 11) is -1.92. The van der Waals surface area contributed by atoms with Crippen molar-refractivity contribution in [2.24, 2.45) is 0 Å². The van der Waals surface area contributed by atoms with Crippen LogP contribution in [0.2, 0.25) is 0 Å². The van der Waals surface area contributed by atoms with Crippen molar-refractivity contribution in [2.45, 2.75) is 50.5 Å². The van der Waals surface area contributed by atoms with Crippen LogP contribution in [0.25, 0.3) is 0 Å². The summed E-state index contributed by atoms with van der Waals surface area (Å²) in [6, 6.07) is 9.27. The van der Waals surface area contributed by atoms with Gasteiger partial charge in [0.05, 0.1) is 17.5 Å². The highest BCUT2D eigenvalue weighted by atomic mass is 32.2. The molecule has 0 N–H and O–H groups in total. The summed E-state index contributed by atoms with van der Waals surface area (Å²) in [5, 5.41) is 9.18. The van der Waals surface area contributed by atoms with Crippen LogP contribution in [0.1, 0.15) is 45.6 Å². The molecule has 1 atom stereocenters. The molecular weight excluding hydrogens is 388 g/mol. The van der Waals surface area contributed by atoms with Crippen LogP contribution in [0, 0.1) is 11.3 Å². The molecule has 0 spiro atoms. The van der Waals surface area contributed by atoms with Crippen molar-refractivity contribution in [3.8, 4) is 6.07 Å². The van der Waals surface area contributed by atoms with Crippen LogP contribution >= 0.6 is 0 Å². The van der Waals surface area contributed by atoms with Crippen LogP contribution in [0.4, 0.5) is 0 Å². The second-order valence-electron chi connectivity index (χ2n) is 8.18. The van der Waals surface area contributed by atoms with Crippen molar-refractivity contribution in [3.05, 3.63) is 29.8 Å². The molecule has 29 heavy (non-hydrogen) atoms. The molecule has 1 aromatic carbocycles. The van der Waals surface area contributed by atoms with E-state index in [1.165, 1.54) is 9.21 Å². The van der Waals surface area contributed by atoms with Gasteiger partial charge in [-0.05, 0) is 43.9 Å². The van der Waals surface area contributed by atoms with Gasteiger partial charge in [-0.2, -0.15) is 9.57 Å². The summed E-state index contributed by atoms with van der Waals surface area (Å²) in [5.41, 5.74) is 0.267. The summed E-state index contributed by atoms with van der Waals surface area (Å²) in [5.74, 6) is 0.255. The van der Waals surface area contributed by atoms with E-state index in [0.29, 0.717) is 37.0 Å². The van der Waals surface area contributed by atoms with Gasteiger partial charge in [-0.3, -0.25) is 9.69 Å². The van der Waals surface area contributed by atoms with Crippen LogP contribution in [-0.2, 0) is 14.8 Å². The number of nitriles is 1. The number of hydrogen-bond acceptors (Lipinski definition) is 5. The van der Waals surface area contributed by atoms with Crippen molar-refractivity contribution in [1.29, 1.82) is 5.26 Å². The van der Waals surface area contributed by atoms with Crippen molar-refractivity contribution in [2.75, 3.05) is 39.8 Å². The molecule has 0 bridgehead atoms. The van der Waals surface area contributed by atoms with Gasteiger partial charge in [0.2, 0.25) is 15.9 Å². The van der Waals surface area contributed by atoms with Crippen molar-refractivity contribution in [1.82, 2.24) is 14.1 Å². The Labute approximate surface area is 174 Å². The molecular formula is C21H32N4O3S. The van der Waals surface area contributed by atoms with Gasteiger partial charge >= 0.3 is 0 Å². The second kappa shape index (κ2) is 9.24. The Morgan fingerprint density at radius 2 is 1.76 bits per heavy atom. The van der Waals surface area contributed by atoms with Crippen LogP contribution in [0.3, 0.4) is 0 Å². The van der Waals surface area contributed by atoms with E-state index in [1.807, 2.05) is 17.0 Å². The van der Waals surface area contributed by atoms with E-state index >= 15 is 0 Å². The van der Waals surface area contributed by atoms with Crippen LogP contribution < -0.4 is 0 Å². The van der Waals surface area contributed by atoms with Crippen LogP contribution in [-0.4, -0.2) is 73.7 Å². The number of benzene rings is 1. The highest BCUT2D eigenvalue weighted by Gasteiger charge is 2.32. The lowest BCUT2D eigenvalue weighted by Gasteiger charge is -2.36. The van der Waals surface area contributed by atoms with Crippen LogP contribution in [0.5, 0.6) is 0 Å². The van der Waals surface area contributed by atoms with Gasteiger partial charge in [0, 0.05) is 33.2 Å². The lowest BCUT2D eigenvalue weighted by Crippen LogP contribution is -2.53. The molecule has 0 aromatic heterocycles. The Balaban J connectivity index is 1.98. The number of carbonyl (C=O) groups is 1. The highest BCUT2D eigenvalue weighted by Crippen LogP contribution is 2.23. The maximum atomic E-state index is 12.9. The topological polar surface area (TPSA) is 84.7 Å². The van der Waals surface area contributed by atoms with Gasteiger partial charge in [-0.1, -0.05) is 26.0 Å². The fourth-order valence-corrected chi connectivity index (χ4v) is 4.59. The maximum absolute atomic E-state index is 12.9. The van der Waals surface area contributed by atoms with E-state index in [4.69, 9.17) is 0 Å². The molecule has 0 unspecified atom stereocenters. The quantitative estimate of drug-likeness (QED) is 0.676. The molecule has 0 saturated carbocycles. The molecule has 0 aliphatic carbocycles. The minimum absolute atomic E-state index is 0.145. The molecule has 160 valence electrons. The van der Waals surface area contributed by atoms with E-state index in [9.17, 15) is 18.5 Å². The lowest BCUT2D eigenvalue weighted by molar-refractivity contribution is -0.134. The van der Waals surface area contributed by atoms with E-state index in [1.54, 1.807) is 33.0 Å². The number of rotatable bonds is 7. The van der Waals surface area contributed by atoms with E-state index < -0.39 is 15.6 Å². The summed E-state index contributed by atoms with van der Waals surface area (Å²) >= 11 is 0. The predicted octanol–water partition coefficient (Wildman–Crippen LogP) is 2.27. The molecule has 1 aliphatic heterocycles. The largest absolute Gasteiger partial charge is 0.326 e. The molecule has 1 heterocycles. The average molecular weight is 421 g/mol. The zero-order chi connectivity index (χ0) is 21.8. The normalized spacial score (nSPS) is 17.5. The maximum Gasteiger partial charge on any atom is 0.243 e. The molecule has 1 aliphatic rings. The third-order valence-corrected chi connectivity index (χ3v) is 7.79. The Morgan fingerprint density at radius 3 is 2.24 bits per heavy atom. The number of amides is 1. The van der Waals surface area contributed by atoms with Crippen LogP contribution in [0.15, 0.2) is 29.2 Å². The first-order valence-electron chi connectivity index (χ1n) is 10.0. The zero-order valence-electron chi connectivity index (χ0n) is 18.1. The molecule has 8 heteroatoms. The Bertz CT molecular complexity index is 851. The van der Waals surface area contributed by atoms with E-state index in [0.717, 1.165) is 12.0 Å². The van der Waals surface area contributed by atoms with Gasteiger partial charge in [0.25, 0.3) is 0 Å². The van der Waals surface area contributed by atoms with Gasteiger partial charge < -0.3 is 4.90 Å². The molecule has 0 radical (unpaired) electrons. The van der Waals surface area contributed by atoms with Gasteiger partial charge in [0.15, 0.2) is 0 Å². The standard InChI is InChI=1S/C21H32N4O3S/c1-6-17(2)18-7-9-19(10-8-18)29(27,28)25-13-11-24(12-14-25)15-20(26)23(5)21(3,4)16-22/h7-10,17H,6,11-15H2,1-5H3/t17-/m1/s1. The SMILES string of the molecule is CC[C@@H](C)c1ccc(S(=O)(=O)N2CCN(CC(=O)N(C)C(C)(C)C#N)CC2)cc1. The third kappa shape index (κ3) is 5.35. The summed E-state index contributed by atoms with van der Waals surface area (Å²) in [6.45, 7) is 9.45. The fourth-order valence-electron chi connectivity index (χ4n) is 3.17. The third-order valence-electron chi connectivity index (χ3n) is 5.88. The first kappa shape index (κ1) is 23.3. The van der Waals surface area contributed by atoms with Crippen molar-refractivity contribution in [3.63, 3.8) is 0 Å². The molecule has 1 aromatic rings. The number of hydrogen-bond donors (Lipinski definition) is 0. The predicted molar refractivity (Wildman–Crippen MR) is 113 cm³/mol. The number of sulfonamides is 1. The number of carbonyl (C=O) groups excluding carboxylic acids is 1.